The van der Waals surface area contributed by atoms with Gasteiger partial charge in [-0.2, -0.15) is 0 Å². The minimum atomic E-state index is -0.442. The lowest BCUT2D eigenvalue weighted by Crippen LogP contribution is -2.08. The molecule has 126 valence electrons. The molecule has 24 heavy (non-hydrogen) atoms. The van der Waals surface area contributed by atoms with E-state index >= 15 is 0 Å². The molecular weight excluding hydrogens is 308 g/mol. The summed E-state index contributed by atoms with van der Waals surface area (Å²) in [5.74, 6) is 0.00111. The Balaban J connectivity index is 0.000000240. The minimum Gasteiger partial charge on any atom is -0.265 e. The summed E-state index contributed by atoms with van der Waals surface area (Å²) in [7, 11) is 0. The van der Waals surface area contributed by atoms with Crippen molar-refractivity contribution in [3.8, 4) is 0 Å². The summed E-state index contributed by atoms with van der Waals surface area (Å²) in [4.78, 5) is 19.6. The molecule has 0 saturated carbocycles. The van der Waals surface area contributed by atoms with E-state index in [2.05, 4.69) is 0 Å². The van der Waals surface area contributed by atoms with E-state index < -0.39 is 4.92 Å². The smallest absolute Gasteiger partial charge is 0.237 e. The largest absolute Gasteiger partial charge is 0.265 e. The average Bonchev–Trinajstić information content (AvgIpc) is 2.56. The molecule has 0 radical (unpaired) electrons. The van der Waals surface area contributed by atoms with Gasteiger partial charge < -0.3 is 0 Å². The molecule has 0 N–H and O–H groups in total. The molecular formula is C18H20N2O4. The molecule has 2 aromatic rings. The molecule has 2 rings (SSSR count). The number of hydrogen-bond donors (Lipinski definition) is 0. The summed E-state index contributed by atoms with van der Waals surface area (Å²) in [6, 6.07) is 18.8. The Bertz CT molecular complexity index is 685. The van der Waals surface area contributed by atoms with Gasteiger partial charge in [-0.25, -0.2) is 0 Å². The van der Waals surface area contributed by atoms with Crippen LogP contribution in [0.25, 0.3) is 5.57 Å². The standard InChI is InChI=1S/C9H11NO2.C9H9NO2/c2*1-8(7-10(11)12)9-5-3-2-4-6-9/h2-6,8H,7H2,1H3;2-7H,1H3/b;8-7+. The van der Waals surface area contributed by atoms with Gasteiger partial charge in [0, 0.05) is 16.4 Å². The van der Waals surface area contributed by atoms with Gasteiger partial charge >= 0.3 is 0 Å². The predicted octanol–water partition coefficient (Wildman–Crippen LogP) is 4.39. The van der Waals surface area contributed by atoms with E-state index in [9.17, 15) is 20.2 Å². The highest BCUT2D eigenvalue weighted by atomic mass is 16.6. The molecule has 0 aromatic heterocycles. The van der Waals surface area contributed by atoms with Gasteiger partial charge in [0.25, 0.3) is 0 Å². The average molecular weight is 328 g/mol. The molecule has 0 aliphatic heterocycles. The Morgan fingerprint density at radius 2 is 1.50 bits per heavy atom. The Morgan fingerprint density at radius 3 is 1.96 bits per heavy atom. The normalized spacial score (nSPS) is 11.8. The number of benzene rings is 2. The van der Waals surface area contributed by atoms with Crippen molar-refractivity contribution < 1.29 is 9.85 Å². The van der Waals surface area contributed by atoms with E-state index in [1.54, 1.807) is 6.92 Å². The van der Waals surface area contributed by atoms with Gasteiger partial charge in [0.1, 0.15) is 0 Å². The highest BCUT2D eigenvalue weighted by Gasteiger charge is 2.10. The molecule has 0 aliphatic rings. The van der Waals surface area contributed by atoms with Crippen LogP contribution in [-0.4, -0.2) is 16.4 Å². The number of nitro groups is 2. The maximum Gasteiger partial charge on any atom is 0.237 e. The van der Waals surface area contributed by atoms with Gasteiger partial charge in [-0.3, -0.25) is 20.2 Å². The number of allylic oxidation sites excluding steroid dienone is 1. The second-order valence-electron chi connectivity index (χ2n) is 5.29. The van der Waals surface area contributed by atoms with Crippen molar-refractivity contribution in [1.82, 2.24) is 0 Å². The third-order valence-electron chi connectivity index (χ3n) is 3.32. The molecule has 0 saturated heterocycles. The van der Waals surface area contributed by atoms with Crippen molar-refractivity contribution >= 4 is 5.57 Å². The van der Waals surface area contributed by atoms with E-state index in [0.29, 0.717) is 5.57 Å². The van der Waals surface area contributed by atoms with Crippen LogP contribution in [0.3, 0.4) is 0 Å². The van der Waals surface area contributed by atoms with E-state index in [1.807, 2.05) is 67.6 Å². The topological polar surface area (TPSA) is 86.3 Å². The van der Waals surface area contributed by atoms with Crippen LogP contribution in [0.15, 0.2) is 66.9 Å². The van der Waals surface area contributed by atoms with Gasteiger partial charge in [0.15, 0.2) is 0 Å². The molecule has 6 heteroatoms. The lowest BCUT2D eigenvalue weighted by molar-refractivity contribution is -0.482. The van der Waals surface area contributed by atoms with Gasteiger partial charge in [-0.1, -0.05) is 67.6 Å². The van der Waals surface area contributed by atoms with Crippen LogP contribution in [0.2, 0.25) is 0 Å². The van der Waals surface area contributed by atoms with Crippen molar-refractivity contribution in [2.75, 3.05) is 6.54 Å². The van der Waals surface area contributed by atoms with Crippen LogP contribution in [0.5, 0.6) is 0 Å². The summed E-state index contributed by atoms with van der Waals surface area (Å²) in [5.41, 5.74) is 2.57. The molecule has 1 unspecified atom stereocenters. The predicted molar refractivity (Wildman–Crippen MR) is 93.8 cm³/mol. The fourth-order valence-corrected chi connectivity index (χ4v) is 2.04. The van der Waals surface area contributed by atoms with Crippen molar-refractivity contribution in [3.63, 3.8) is 0 Å². The van der Waals surface area contributed by atoms with Crippen molar-refractivity contribution in [2.24, 2.45) is 0 Å². The fraction of sp³-hybridized carbons (Fsp3) is 0.222. The van der Waals surface area contributed by atoms with Crippen LogP contribution in [0, 0.1) is 20.2 Å². The maximum atomic E-state index is 10.2. The summed E-state index contributed by atoms with van der Waals surface area (Å²) in [6.45, 7) is 3.58. The third-order valence-corrected chi connectivity index (χ3v) is 3.32. The zero-order chi connectivity index (χ0) is 17.9. The lowest BCUT2D eigenvalue weighted by atomic mass is 10.0. The first-order chi connectivity index (χ1) is 11.4. The Hall–Kier alpha value is -3.02. The van der Waals surface area contributed by atoms with Crippen LogP contribution in [-0.2, 0) is 0 Å². The highest BCUT2D eigenvalue weighted by Crippen LogP contribution is 2.14. The van der Waals surface area contributed by atoms with Crippen LogP contribution >= 0.6 is 0 Å². The number of hydrogen-bond acceptors (Lipinski definition) is 4. The highest BCUT2D eigenvalue weighted by molar-refractivity contribution is 5.62. The van der Waals surface area contributed by atoms with Crippen molar-refractivity contribution in [1.29, 1.82) is 0 Å². The summed E-state index contributed by atoms with van der Waals surface area (Å²) in [5, 5.41) is 20.3. The second-order valence-corrected chi connectivity index (χ2v) is 5.29. The molecule has 2 aromatic carbocycles. The van der Waals surface area contributed by atoms with Gasteiger partial charge in [0.05, 0.1) is 4.92 Å². The SMILES string of the molecule is C/C(=C\[N+](=O)[O-])c1ccccc1.CC(C[N+](=O)[O-])c1ccccc1. The van der Waals surface area contributed by atoms with Gasteiger partial charge in [0.2, 0.25) is 12.7 Å². The fourth-order valence-electron chi connectivity index (χ4n) is 2.04. The van der Waals surface area contributed by atoms with E-state index in [0.717, 1.165) is 17.3 Å². The minimum absolute atomic E-state index is 0.00111. The molecule has 0 spiro atoms. The molecule has 0 amide bonds. The quantitative estimate of drug-likeness (QED) is 0.601. The Labute approximate surface area is 140 Å². The summed E-state index contributed by atoms with van der Waals surface area (Å²) >= 11 is 0. The van der Waals surface area contributed by atoms with Gasteiger partial charge in [-0.05, 0) is 18.1 Å². The Kier molecular flexibility index (Phi) is 7.84. The number of nitrogens with zero attached hydrogens (tertiary/aromatic N) is 2. The van der Waals surface area contributed by atoms with Crippen LogP contribution in [0.4, 0.5) is 0 Å². The zero-order valence-corrected chi connectivity index (χ0v) is 13.7. The first kappa shape index (κ1) is 19.0. The third kappa shape index (κ3) is 7.31. The van der Waals surface area contributed by atoms with E-state index in [1.165, 1.54) is 0 Å². The molecule has 6 nitrogen and oxygen atoms in total. The molecule has 0 fully saturated rings. The molecule has 0 bridgehead atoms. The molecule has 1 atom stereocenters. The summed E-state index contributed by atoms with van der Waals surface area (Å²) < 4.78 is 0. The maximum absolute atomic E-state index is 10.2. The second kappa shape index (κ2) is 9.89. The van der Waals surface area contributed by atoms with E-state index in [-0.39, 0.29) is 17.4 Å². The monoisotopic (exact) mass is 328 g/mol. The Morgan fingerprint density at radius 1 is 1.00 bits per heavy atom. The molecule has 0 aliphatic carbocycles. The first-order valence-corrected chi connectivity index (χ1v) is 7.44. The molecule has 0 heterocycles. The summed E-state index contributed by atoms with van der Waals surface area (Å²) in [6.07, 6.45) is 1.01. The number of rotatable bonds is 5. The van der Waals surface area contributed by atoms with Crippen molar-refractivity contribution in [3.05, 3.63) is 98.2 Å². The first-order valence-electron chi connectivity index (χ1n) is 7.44. The van der Waals surface area contributed by atoms with Crippen LogP contribution < -0.4 is 0 Å². The van der Waals surface area contributed by atoms with Crippen molar-refractivity contribution in [2.45, 2.75) is 19.8 Å². The van der Waals surface area contributed by atoms with Crippen LogP contribution in [0.1, 0.15) is 30.9 Å². The van der Waals surface area contributed by atoms with E-state index in [4.69, 9.17) is 0 Å². The van der Waals surface area contributed by atoms with Gasteiger partial charge in [-0.15, -0.1) is 0 Å². The zero-order valence-electron chi connectivity index (χ0n) is 13.7. The lowest BCUT2D eigenvalue weighted by Gasteiger charge is -2.05.